The molecule has 0 spiro atoms. The van der Waals surface area contributed by atoms with Crippen LogP contribution in [0.5, 0.6) is 5.75 Å². The fourth-order valence-corrected chi connectivity index (χ4v) is 7.63. The molecule has 1 saturated heterocycles. The number of amides is 3. The minimum absolute atomic E-state index is 0.0285. The van der Waals surface area contributed by atoms with Crippen LogP contribution in [0.25, 0.3) is 11.1 Å². The molecule has 1 saturated carbocycles. The molecule has 2 atom stereocenters. The molecular formula is C38H45N3O6S. The first-order chi connectivity index (χ1) is 23.0. The summed E-state index contributed by atoms with van der Waals surface area (Å²) in [4.78, 5) is 47.7. The van der Waals surface area contributed by atoms with E-state index in [1.807, 2.05) is 73.0 Å². The summed E-state index contributed by atoms with van der Waals surface area (Å²) in [6.45, 7) is 7.35. The smallest absolute Gasteiger partial charge is 0.410 e. The topological polar surface area (TPSA) is 99.6 Å². The molecule has 3 aromatic rings. The van der Waals surface area contributed by atoms with Gasteiger partial charge in [-0.25, -0.2) is 4.79 Å². The van der Waals surface area contributed by atoms with Crippen LogP contribution in [-0.2, 0) is 19.1 Å². The number of phenols is 1. The molecule has 254 valence electrons. The zero-order valence-electron chi connectivity index (χ0n) is 28.2. The van der Waals surface area contributed by atoms with E-state index in [1.54, 1.807) is 24.1 Å². The van der Waals surface area contributed by atoms with Crippen LogP contribution >= 0.6 is 11.8 Å². The highest BCUT2D eigenvalue weighted by molar-refractivity contribution is 8.00. The Morgan fingerprint density at radius 3 is 2.46 bits per heavy atom. The van der Waals surface area contributed by atoms with Gasteiger partial charge in [0.1, 0.15) is 11.4 Å². The molecule has 6 rings (SSSR count). The molecule has 3 amide bonds. The summed E-state index contributed by atoms with van der Waals surface area (Å²) in [5.41, 5.74) is 3.81. The molecule has 1 N–H and O–H groups in total. The summed E-state index contributed by atoms with van der Waals surface area (Å²) in [6.07, 6.45) is 2.69. The van der Waals surface area contributed by atoms with Gasteiger partial charge in [-0.15, -0.1) is 11.8 Å². The highest BCUT2D eigenvalue weighted by Gasteiger charge is 2.44. The molecule has 48 heavy (non-hydrogen) atoms. The molecule has 0 aromatic heterocycles. The molecule has 10 heteroatoms. The van der Waals surface area contributed by atoms with Crippen LogP contribution in [0, 0.1) is 5.92 Å². The summed E-state index contributed by atoms with van der Waals surface area (Å²) in [5, 5.41) is 10.1. The van der Waals surface area contributed by atoms with Crippen molar-refractivity contribution in [1.29, 1.82) is 0 Å². The minimum Gasteiger partial charge on any atom is -0.508 e. The number of likely N-dealkylation sites (tertiary alicyclic amines) is 1. The SMILES string of the molecule is COCCCN1C(=O)CSc2ccc(N(C(=O)[C@H]3CN(C(=O)OC(C)(C)C)CC[C@@H]3c3cccc(-c4cccc(O)c4)c3)C3CC3)cc21. The summed E-state index contributed by atoms with van der Waals surface area (Å²) >= 11 is 1.53. The summed E-state index contributed by atoms with van der Waals surface area (Å²) in [6, 6.07) is 21.4. The van der Waals surface area contributed by atoms with Gasteiger partial charge in [-0.05, 0) is 99.4 Å². The Kier molecular flexibility index (Phi) is 10.0. The lowest BCUT2D eigenvalue weighted by molar-refractivity contribution is -0.124. The van der Waals surface area contributed by atoms with E-state index in [0.717, 1.165) is 45.8 Å². The Labute approximate surface area is 287 Å². The molecule has 1 aliphatic carbocycles. The number of anilines is 2. The summed E-state index contributed by atoms with van der Waals surface area (Å²) in [5.74, 6) is -0.0577. The average Bonchev–Trinajstić information content (AvgIpc) is 3.90. The number of methoxy groups -OCH3 is 1. The molecular weight excluding hydrogens is 627 g/mol. The number of nitrogens with zero attached hydrogens (tertiary/aromatic N) is 3. The summed E-state index contributed by atoms with van der Waals surface area (Å²) < 4.78 is 11.0. The van der Waals surface area contributed by atoms with Gasteiger partial charge in [-0.1, -0.05) is 36.4 Å². The largest absolute Gasteiger partial charge is 0.508 e. The average molecular weight is 672 g/mol. The highest BCUT2D eigenvalue weighted by Crippen LogP contribution is 2.43. The van der Waals surface area contributed by atoms with Gasteiger partial charge in [0, 0.05) is 50.0 Å². The number of phenolic OH excluding ortho intramolecular Hbond substituents is 1. The third-order valence-corrected chi connectivity index (χ3v) is 10.2. The number of hydrogen-bond donors (Lipinski definition) is 1. The molecule has 0 bridgehead atoms. The first-order valence-corrected chi connectivity index (χ1v) is 17.8. The second kappa shape index (κ2) is 14.2. The maximum Gasteiger partial charge on any atom is 0.410 e. The van der Waals surface area contributed by atoms with Crippen LogP contribution in [0.15, 0.2) is 71.6 Å². The van der Waals surface area contributed by atoms with Crippen molar-refractivity contribution in [2.75, 3.05) is 48.9 Å². The molecule has 0 radical (unpaired) electrons. The maximum atomic E-state index is 15.0. The molecule has 0 unspecified atom stereocenters. The van der Waals surface area contributed by atoms with Gasteiger partial charge in [0.05, 0.1) is 17.4 Å². The lowest BCUT2D eigenvalue weighted by Crippen LogP contribution is -2.51. The van der Waals surface area contributed by atoms with E-state index in [1.165, 1.54) is 11.8 Å². The Hall–Kier alpha value is -4.02. The molecule has 2 fully saturated rings. The van der Waals surface area contributed by atoms with Gasteiger partial charge in [0.2, 0.25) is 11.8 Å². The lowest BCUT2D eigenvalue weighted by atomic mass is 9.78. The Bertz CT molecular complexity index is 1670. The predicted molar refractivity (Wildman–Crippen MR) is 189 cm³/mol. The van der Waals surface area contributed by atoms with Crippen molar-refractivity contribution in [3.05, 3.63) is 72.3 Å². The fraction of sp³-hybridized carbons (Fsp3) is 0.447. The number of carbonyl (C=O) groups excluding carboxylic acids is 3. The van der Waals surface area contributed by atoms with Crippen LogP contribution in [0.2, 0.25) is 0 Å². The van der Waals surface area contributed by atoms with Crippen molar-refractivity contribution in [1.82, 2.24) is 4.90 Å². The molecule has 3 aliphatic rings. The van der Waals surface area contributed by atoms with Crippen molar-refractivity contribution in [3.63, 3.8) is 0 Å². The van der Waals surface area contributed by atoms with Crippen LogP contribution in [0.3, 0.4) is 0 Å². The highest BCUT2D eigenvalue weighted by atomic mass is 32.2. The van der Waals surface area contributed by atoms with Gasteiger partial charge in [0.15, 0.2) is 0 Å². The Morgan fingerprint density at radius 1 is 1.00 bits per heavy atom. The van der Waals surface area contributed by atoms with Gasteiger partial charge in [-0.2, -0.15) is 0 Å². The van der Waals surface area contributed by atoms with Crippen molar-refractivity contribution in [3.8, 4) is 16.9 Å². The third-order valence-electron chi connectivity index (χ3n) is 9.12. The van der Waals surface area contributed by atoms with E-state index in [9.17, 15) is 19.5 Å². The Morgan fingerprint density at radius 2 is 1.75 bits per heavy atom. The maximum absolute atomic E-state index is 15.0. The van der Waals surface area contributed by atoms with Gasteiger partial charge < -0.3 is 29.3 Å². The quantitative estimate of drug-likeness (QED) is 0.243. The third kappa shape index (κ3) is 7.65. The first-order valence-electron chi connectivity index (χ1n) is 16.8. The van der Waals surface area contributed by atoms with Crippen LogP contribution in [0.1, 0.15) is 57.9 Å². The number of carbonyl (C=O) groups is 3. The predicted octanol–water partition coefficient (Wildman–Crippen LogP) is 7.07. The number of hydrogen-bond acceptors (Lipinski definition) is 7. The zero-order valence-corrected chi connectivity index (χ0v) is 29.0. The number of rotatable bonds is 9. The van der Waals surface area contributed by atoms with Crippen LogP contribution < -0.4 is 9.80 Å². The van der Waals surface area contributed by atoms with E-state index in [4.69, 9.17) is 9.47 Å². The summed E-state index contributed by atoms with van der Waals surface area (Å²) in [7, 11) is 1.66. The molecule has 3 aromatic carbocycles. The number of fused-ring (bicyclic) bond motifs is 1. The van der Waals surface area contributed by atoms with Crippen molar-refractivity contribution in [2.45, 2.75) is 68.9 Å². The number of piperidine rings is 1. The van der Waals surface area contributed by atoms with Crippen LogP contribution in [-0.4, -0.2) is 78.7 Å². The number of aromatic hydroxyl groups is 1. The Balaban J connectivity index is 1.35. The molecule has 2 aliphatic heterocycles. The van der Waals surface area contributed by atoms with Gasteiger partial charge >= 0.3 is 6.09 Å². The standard InChI is InChI=1S/C38H45N3O6S/c1-38(2,3)47-37(45)39-18-16-31(27-10-5-8-25(20-27)26-9-6-11-30(42)21-26)32(23-39)36(44)41(28-12-13-28)29-14-15-34-33(22-29)40(17-7-19-46-4)35(43)24-48-34/h5-6,8-11,14-15,20-22,28,31-32,42H,7,12-13,16-19,23-24H2,1-4H3/t31-,32+/m1/s1. The minimum atomic E-state index is -0.656. The second-order valence-electron chi connectivity index (χ2n) is 13.9. The van der Waals surface area contributed by atoms with E-state index < -0.39 is 17.6 Å². The number of benzene rings is 3. The van der Waals surface area contributed by atoms with Crippen molar-refractivity contribution >= 4 is 41.0 Å². The first kappa shape index (κ1) is 33.9. The van der Waals surface area contributed by atoms with Gasteiger partial charge in [-0.3, -0.25) is 9.59 Å². The molecule has 2 heterocycles. The van der Waals surface area contributed by atoms with Crippen LogP contribution in [0.4, 0.5) is 16.2 Å². The van der Waals surface area contributed by atoms with E-state index in [2.05, 4.69) is 12.1 Å². The van der Waals surface area contributed by atoms with E-state index >= 15 is 0 Å². The fourth-order valence-electron chi connectivity index (χ4n) is 6.71. The van der Waals surface area contributed by atoms with E-state index in [0.29, 0.717) is 38.3 Å². The number of ether oxygens (including phenoxy) is 2. The second-order valence-corrected chi connectivity index (χ2v) is 14.9. The van der Waals surface area contributed by atoms with E-state index in [-0.39, 0.29) is 36.1 Å². The monoisotopic (exact) mass is 671 g/mol. The number of thioether (sulfide) groups is 1. The van der Waals surface area contributed by atoms with Gasteiger partial charge in [0.25, 0.3) is 0 Å². The normalized spacial score (nSPS) is 19.5. The van der Waals surface area contributed by atoms with Crippen molar-refractivity contribution in [2.24, 2.45) is 5.92 Å². The zero-order chi connectivity index (χ0) is 34.0. The lowest BCUT2D eigenvalue weighted by Gasteiger charge is -2.41. The molecule has 9 nitrogen and oxygen atoms in total. The van der Waals surface area contributed by atoms with Crippen molar-refractivity contribution < 1.29 is 29.0 Å².